The van der Waals surface area contributed by atoms with Crippen molar-refractivity contribution in [2.45, 2.75) is 11.2 Å². The second kappa shape index (κ2) is 5.74. The van der Waals surface area contributed by atoms with Crippen LogP contribution in [0.15, 0.2) is 40.9 Å². The van der Waals surface area contributed by atoms with Crippen molar-refractivity contribution < 1.29 is 4.74 Å². The van der Waals surface area contributed by atoms with E-state index in [1.807, 2.05) is 0 Å². The van der Waals surface area contributed by atoms with Crippen LogP contribution in [0, 0.1) is 3.57 Å². The van der Waals surface area contributed by atoms with Gasteiger partial charge in [-0.05, 0) is 63.5 Å². The van der Waals surface area contributed by atoms with E-state index in [4.69, 9.17) is 4.74 Å². The summed E-state index contributed by atoms with van der Waals surface area (Å²) in [5.41, 5.74) is 3.88. The van der Waals surface area contributed by atoms with E-state index in [1.54, 1.807) is 0 Å². The second-order valence-corrected chi connectivity index (χ2v) is 7.49. The standard InChI is InChI=1S/C15H11Br2IO/c16-11-2-3-13(18)12(8-11)15(17)10-1-4-14-9(7-10)5-6-19-14/h1-4,7-8,15H,5-6H2. The largest absolute Gasteiger partial charge is 0.493 e. The average molecular weight is 494 g/mol. The van der Waals surface area contributed by atoms with E-state index in [-0.39, 0.29) is 4.83 Å². The van der Waals surface area contributed by atoms with E-state index >= 15 is 0 Å². The van der Waals surface area contributed by atoms with Crippen LogP contribution < -0.4 is 4.74 Å². The monoisotopic (exact) mass is 492 g/mol. The van der Waals surface area contributed by atoms with Crippen molar-refractivity contribution in [1.82, 2.24) is 0 Å². The minimum atomic E-state index is 0.211. The molecule has 0 amide bonds. The van der Waals surface area contributed by atoms with E-state index in [0.29, 0.717) is 0 Å². The van der Waals surface area contributed by atoms with Crippen molar-refractivity contribution in [3.63, 3.8) is 0 Å². The lowest BCUT2D eigenvalue weighted by atomic mass is 10.0. The Hall–Kier alpha value is -0.0700. The van der Waals surface area contributed by atoms with Gasteiger partial charge in [-0.2, -0.15) is 0 Å². The van der Waals surface area contributed by atoms with E-state index < -0.39 is 0 Å². The van der Waals surface area contributed by atoms with Crippen LogP contribution in [0.5, 0.6) is 5.75 Å². The summed E-state index contributed by atoms with van der Waals surface area (Å²) in [6.07, 6.45) is 1.01. The van der Waals surface area contributed by atoms with Crippen LogP contribution in [0.25, 0.3) is 0 Å². The number of fused-ring (bicyclic) bond motifs is 1. The lowest BCUT2D eigenvalue weighted by Gasteiger charge is -2.14. The molecule has 0 spiro atoms. The predicted octanol–water partition coefficient (Wildman–Crippen LogP) is 5.47. The maximum atomic E-state index is 5.56. The molecule has 0 fully saturated rings. The number of halogens is 3. The normalized spacial score (nSPS) is 14.9. The number of ether oxygens (including phenoxy) is 1. The number of hydrogen-bond acceptors (Lipinski definition) is 1. The lowest BCUT2D eigenvalue weighted by molar-refractivity contribution is 0.357. The molecular formula is C15H11Br2IO. The molecule has 1 aliphatic heterocycles. The van der Waals surface area contributed by atoms with Gasteiger partial charge in [-0.15, -0.1) is 0 Å². The SMILES string of the molecule is Brc1ccc(I)c(C(Br)c2ccc3c(c2)CCO3)c1. The van der Waals surface area contributed by atoms with E-state index in [0.717, 1.165) is 23.2 Å². The van der Waals surface area contributed by atoms with Crippen LogP contribution in [0.3, 0.4) is 0 Å². The third-order valence-corrected chi connectivity index (χ3v) is 5.73. The first-order chi connectivity index (χ1) is 9.15. The summed E-state index contributed by atoms with van der Waals surface area (Å²) >= 11 is 9.74. The Balaban J connectivity index is 1.99. The quantitative estimate of drug-likeness (QED) is 0.398. The van der Waals surface area contributed by atoms with Crippen molar-refractivity contribution in [3.8, 4) is 5.75 Å². The van der Waals surface area contributed by atoms with Crippen LogP contribution in [-0.2, 0) is 6.42 Å². The van der Waals surface area contributed by atoms with Crippen molar-refractivity contribution in [1.29, 1.82) is 0 Å². The Morgan fingerprint density at radius 1 is 1.16 bits per heavy atom. The van der Waals surface area contributed by atoms with Gasteiger partial charge >= 0.3 is 0 Å². The maximum Gasteiger partial charge on any atom is 0.122 e. The summed E-state index contributed by atoms with van der Waals surface area (Å²) in [5.74, 6) is 1.03. The summed E-state index contributed by atoms with van der Waals surface area (Å²) < 4.78 is 7.93. The van der Waals surface area contributed by atoms with E-state index in [2.05, 4.69) is 90.8 Å². The minimum absolute atomic E-state index is 0.211. The van der Waals surface area contributed by atoms with E-state index in [1.165, 1.54) is 20.3 Å². The summed E-state index contributed by atoms with van der Waals surface area (Å²) in [4.78, 5) is 0.211. The van der Waals surface area contributed by atoms with Crippen LogP contribution >= 0.6 is 54.5 Å². The Kier molecular flexibility index (Phi) is 4.19. The topological polar surface area (TPSA) is 9.23 Å². The fourth-order valence-corrected chi connectivity index (χ4v) is 4.37. The Morgan fingerprint density at radius 3 is 2.84 bits per heavy atom. The van der Waals surface area contributed by atoms with Crippen LogP contribution in [-0.4, -0.2) is 6.61 Å². The minimum Gasteiger partial charge on any atom is -0.493 e. The van der Waals surface area contributed by atoms with Crippen LogP contribution in [0.1, 0.15) is 21.5 Å². The first-order valence-electron chi connectivity index (χ1n) is 6.00. The zero-order valence-corrected chi connectivity index (χ0v) is 15.3. The molecule has 0 aliphatic carbocycles. The summed E-state index contributed by atoms with van der Waals surface area (Å²) in [7, 11) is 0. The molecule has 0 bridgehead atoms. The molecule has 1 aliphatic rings. The van der Waals surface area contributed by atoms with Gasteiger partial charge in [0.1, 0.15) is 5.75 Å². The lowest BCUT2D eigenvalue weighted by Crippen LogP contribution is -1.96. The predicted molar refractivity (Wildman–Crippen MR) is 93.3 cm³/mol. The highest BCUT2D eigenvalue weighted by Crippen LogP contribution is 2.37. The Bertz CT molecular complexity index is 628. The number of rotatable bonds is 2. The van der Waals surface area contributed by atoms with Crippen molar-refractivity contribution in [3.05, 3.63) is 61.1 Å². The van der Waals surface area contributed by atoms with Crippen LogP contribution in [0.2, 0.25) is 0 Å². The number of benzene rings is 2. The molecule has 0 N–H and O–H groups in total. The highest BCUT2D eigenvalue weighted by Gasteiger charge is 2.18. The zero-order valence-electron chi connectivity index (χ0n) is 10.00. The molecule has 1 nitrogen and oxygen atoms in total. The molecule has 0 saturated heterocycles. The summed E-state index contributed by atoms with van der Waals surface area (Å²) in [6.45, 7) is 0.806. The third-order valence-electron chi connectivity index (χ3n) is 3.24. The smallest absolute Gasteiger partial charge is 0.122 e. The number of hydrogen-bond donors (Lipinski definition) is 0. The molecule has 98 valence electrons. The number of alkyl halides is 1. The van der Waals surface area contributed by atoms with Crippen molar-refractivity contribution >= 4 is 54.5 Å². The fraction of sp³-hybridized carbons (Fsp3) is 0.200. The summed E-state index contributed by atoms with van der Waals surface area (Å²) in [5, 5.41) is 0. The van der Waals surface area contributed by atoms with Gasteiger partial charge < -0.3 is 4.74 Å². The molecule has 4 heteroatoms. The fourth-order valence-electron chi connectivity index (χ4n) is 2.25. The molecule has 2 aromatic rings. The average Bonchev–Trinajstić information content (AvgIpc) is 2.88. The first-order valence-corrected chi connectivity index (χ1v) is 8.78. The zero-order chi connectivity index (χ0) is 13.4. The van der Waals surface area contributed by atoms with Crippen molar-refractivity contribution in [2.75, 3.05) is 6.61 Å². The molecule has 0 aromatic heterocycles. The Labute approximate surface area is 143 Å². The second-order valence-electron chi connectivity index (χ2n) is 4.49. The van der Waals surface area contributed by atoms with Gasteiger partial charge in [-0.3, -0.25) is 0 Å². The molecule has 3 rings (SSSR count). The van der Waals surface area contributed by atoms with Gasteiger partial charge in [0.2, 0.25) is 0 Å². The summed E-state index contributed by atoms with van der Waals surface area (Å²) in [6, 6.07) is 12.8. The molecule has 19 heavy (non-hydrogen) atoms. The van der Waals surface area contributed by atoms with Crippen molar-refractivity contribution in [2.24, 2.45) is 0 Å². The molecule has 0 saturated carbocycles. The molecule has 2 aromatic carbocycles. The molecule has 1 atom stereocenters. The first kappa shape index (κ1) is 13.9. The van der Waals surface area contributed by atoms with E-state index in [9.17, 15) is 0 Å². The maximum absolute atomic E-state index is 5.56. The van der Waals surface area contributed by atoms with Crippen LogP contribution in [0.4, 0.5) is 0 Å². The molecule has 1 unspecified atom stereocenters. The van der Waals surface area contributed by atoms with Gasteiger partial charge in [0, 0.05) is 14.5 Å². The third kappa shape index (κ3) is 2.85. The highest BCUT2D eigenvalue weighted by molar-refractivity contribution is 14.1. The van der Waals surface area contributed by atoms with Gasteiger partial charge in [0.25, 0.3) is 0 Å². The van der Waals surface area contributed by atoms with Gasteiger partial charge in [-0.1, -0.05) is 44.0 Å². The molecule has 0 radical (unpaired) electrons. The molecule has 1 heterocycles. The highest BCUT2D eigenvalue weighted by atomic mass is 127. The van der Waals surface area contributed by atoms with Gasteiger partial charge in [-0.25, -0.2) is 0 Å². The van der Waals surface area contributed by atoms with Gasteiger partial charge in [0.15, 0.2) is 0 Å². The van der Waals surface area contributed by atoms with Gasteiger partial charge in [0.05, 0.1) is 11.4 Å². The Morgan fingerprint density at radius 2 is 2.00 bits per heavy atom. The molecular weight excluding hydrogens is 483 g/mol.